The third-order valence-electron chi connectivity index (χ3n) is 2.04. The van der Waals surface area contributed by atoms with Crippen LogP contribution in [0.1, 0.15) is 5.56 Å². The molecule has 2 rings (SSSR count). The molecule has 2 heteroatoms. The van der Waals surface area contributed by atoms with Crippen molar-refractivity contribution in [3.63, 3.8) is 0 Å². The van der Waals surface area contributed by atoms with Crippen molar-refractivity contribution >= 4 is 16.8 Å². The molecule has 0 aliphatic carbocycles. The largest absolute Gasteiger partial charge is 0.344 e. The summed E-state index contributed by atoms with van der Waals surface area (Å²) in [7, 11) is 0. The van der Waals surface area contributed by atoms with Gasteiger partial charge in [-0.2, -0.15) is 0 Å². The molecule has 0 spiro atoms. The highest BCUT2D eigenvalue weighted by atomic mass is 14.0. The van der Waals surface area contributed by atoms with E-state index in [-0.39, 0.29) is 12.3 Å². The lowest BCUT2D eigenvalue weighted by atomic mass is 10.1. The molecule has 0 atom stereocenters. The number of hydrogen-bond donors (Lipinski definition) is 2. The molecule has 2 aromatic carbocycles. The second-order valence-electron chi connectivity index (χ2n) is 2.77. The van der Waals surface area contributed by atoms with E-state index in [2.05, 4.69) is 49.0 Å². The average Bonchev–Trinajstić information content (AvgIpc) is 2.17. The Bertz CT molecular complexity index is 416. The highest BCUT2D eigenvalue weighted by Gasteiger charge is 1.93. The number of benzene rings is 2. The van der Waals surface area contributed by atoms with Crippen molar-refractivity contribution in [2.45, 2.75) is 0 Å². The second kappa shape index (κ2) is 5.17. The Labute approximate surface area is 84.4 Å². The van der Waals surface area contributed by atoms with E-state index in [9.17, 15) is 0 Å². The zero-order valence-electron chi connectivity index (χ0n) is 8.24. The van der Waals surface area contributed by atoms with E-state index in [0.717, 1.165) is 0 Å². The third kappa shape index (κ3) is 1.99. The lowest BCUT2D eigenvalue weighted by Crippen LogP contribution is -1.75. The van der Waals surface area contributed by atoms with Gasteiger partial charge in [0, 0.05) is 0 Å². The summed E-state index contributed by atoms with van der Waals surface area (Å²) in [5.74, 6) is 0. The Balaban J connectivity index is 0.000000845. The van der Waals surface area contributed by atoms with Gasteiger partial charge >= 0.3 is 0 Å². The molecule has 74 valence electrons. The van der Waals surface area contributed by atoms with Crippen LogP contribution in [-0.4, -0.2) is 0 Å². The van der Waals surface area contributed by atoms with Crippen molar-refractivity contribution in [2.75, 3.05) is 0 Å². The first kappa shape index (κ1) is 12.4. The van der Waals surface area contributed by atoms with Crippen LogP contribution in [-0.2, 0) is 0 Å². The Morgan fingerprint density at radius 3 is 2.21 bits per heavy atom. The fourth-order valence-electron chi connectivity index (χ4n) is 1.43. The minimum atomic E-state index is 0. The number of rotatable bonds is 1. The van der Waals surface area contributed by atoms with Crippen LogP contribution in [0.5, 0.6) is 0 Å². The molecule has 0 saturated carbocycles. The van der Waals surface area contributed by atoms with Crippen LogP contribution in [0.25, 0.3) is 16.8 Å². The quantitative estimate of drug-likeness (QED) is 0.714. The predicted molar refractivity (Wildman–Crippen MR) is 64.1 cm³/mol. The minimum absolute atomic E-state index is 0. The van der Waals surface area contributed by atoms with E-state index in [4.69, 9.17) is 0 Å². The van der Waals surface area contributed by atoms with Crippen LogP contribution >= 0.6 is 0 Å². The Morgan fingerprint density at radius 1 is 0.857 bits per heavy atom. The first-order valence-corrected chi connectivity index (χ1v) is 4.02. The monoisotopic (exact) mass is 188 g/mol. The zero-order valence-corrected chi connectivity index (χ0v) is 8.24. The molecule has 0 aromatic heterocycles. The van der Waals surface area contributed by atoms with Gasteiger partial charge in [-0.25, -0.2) is 0 Å². The second-order valence-corrected chi connectivity index (χ2v) is 2.77. The van der Waals surface area contributed by atoms with Crippen molar-refractivity contribution in [2.24, 2.45) is 0 Å². The van der Waals surface area contributed by atoms with Crippen LogP contribution < -0.4 is 12.3 Å². The summed E-state index contributed by atoms with van der Waals surface area (Å²) in [4.78, 5) is 0. The first-order valence-electron chi connectivity index (χ1n) is 4.02. The maximum atomic E-state index is 3.78. The fourth-order valence-corrected chi connectivity index (χ4v) is 1.43. The molecule has 6 N–H and O–H groups in total. The van der Waals surface area contributed by atoms with Gasteiger partial charge in [0.05, 0.1) is 0 Å². The summed E-state index contributed by atoms with van der Waals surface area (Å²) < 4.78 is 0. The molecule has 0 amide bonds. The Hall–Kier alpha value is -1.64. The molecule has 0 saturated heterocycles. The van der Waals surface area contributed by atoms with Gasteiger partial charge < -0.3 is 12.3 Å². The van der Waals surface area contributed by atoms with Gasteiger partial charge in [-0.15, -0.1) is 0 Å². The van der Waals surface area contributed by atoms with Gasteiger partial charge in [0.1, 0.15) is 0 Å². The van der Waals surface area contributed by atoms with Crippen LogP contribution in [0.15, 0.2) is 49.0 Å². The van der Waals surface area contributed by atoms with Crippen molar-refractivity contribution in [1.29, 1.82) is 0 Å². The first-order chi connectivity index (χ1) is 5.92. The Kier molecular flexibility index (Phi) is 4.56. The molecule has 0 unspecified atom stereocenters. The molecule has 0 aliphatic rings. The fraction of sp³-hybridized carbons (Fsp3) is 0. The average molecular weight is 188 g/mol. The normalized spacial score (nSPS) is 8.57. The molecule has 2 aromatic rings. The summed E-state index contributed by atoms with van der Waals surface area (Å²) in [6.45, 7) is 3.78. The van der Waals surface area contributed by atoms with Crippen molar-refractivity contribution < 1.29 is 0 Å². The molecule has 0 fully saturated rings. The lowest BCUT2D eigenvalue weighted by Gasteiger charge is -1.99. The molecule has 0 heterocycles. The summed E-state index contributed by atoms with van der Waals surface area (Å²) in [6.07, 6.45) is 1.89. The topological polar surface area (TPSA) is 70.0 Å². The van der Waals surface area contributed by atoms with Crippen LogP contribution in [0, 0.1) is 0 Å². The van der Waals surface area contributed by atoms with Crippen molar-refractivity contribution in [1.82, 2.24) is 12.3 Å². The maximum Gasteiger partial charge on any atom is -0.0112 e. The molecule has 0 bridgehead atoms. The van der Waals surface area contributed by atoms with Crippen molar-refractivity contribution in [3.05, 3.63) is 54.6 Å². The van der Waals surface area contributed by atoms with Gasteiger partial charge in [-0.05, 0) is 16.3 Å². The molecule has 0 radical (unpaired) electrons. The lowest BCUT2D eigenvalue weighted by molar-refractivity contribution is 1.72. The third-order valence-corrected chi connectivity index (χ3v) is 2.04. The van der Waals surface area contributed by atoms with Crippen LogP contribution in [0.2, 0.25) is 0 Å². The van der Waals surface area contributed by atoms with E-state index in [1.807, 2.05) is 6.08 Å². The highest BCUT2D eigenvalue weighted by molar-refractivity contribution is 5.90. The zero-order chi connectivity index (χ0) is 8.39. The summed E-state index contributed by atoms with van der Waals surface area (Å²) >= 11 is 0. The predicted octanol–water partition coefficient (Wildman–Crippen LogP) is 3.81. The molecule has 14 heavy (non-hydrogen) atoms. The van der Waals surface area contributed by atoms with E-state index >= 15 is 0 Å². The van der Waals surface area contributed by atoms with Gasteiger partial charge in [0.25, 0.3) is 0 Å². The van der Waals surface area contributed by atoms with E-state index in [1.165, 1.54) is 16.3 Å². The molecule has 0 aliphatic heterocycles. The van der Waals surface area contributed by atoms with Gasteiger partial charge in [-0.1, -0.05) is 55.1 Å². The highest BCUT2D eigenvalue weighted by Crippen LogP contribution is 2.18. The molecule has 2 nitrogen and oxygen atoms in total. The van der Waals surface area contributed by atoms with Crippen LogP contribution in [0.3, 0.4) is 0 Å². The van der Waals surface area contributed by atoms with Gasteiger partial charge in [0.15, 0.2) is 0 Å². The smallest absolute Gasteiger partial charge is 0.0112 e. The molecular formula is C12H16N2. The summed E-state index contributed by atoms with van der Waals surface area (Å²) in [6, 6.07) is 14.6. The molecular weight excluding hydrogens is 172 g/mol. The SMILES string of the molecule is C=Cc1cccc2ccccc12.N.N. The van der Waals surface area contributed by atoms with Gasteiger partial charge in [-0.3, -0.25) is 0 Å². The Morgan fingerprint density at radius 2 is 1.50 bits per heavy atom. The maximum absolute atomic E-state index is 3.78. The van der Waals surface area contributed by atoms with E-state index < -0.39 is 0 Å². The van der Waals surface area contributed by atoms with Crippen molar-refractivity contribution in [3.8, 4) is 0 Å². The van der Waals surface area contributed by atoms with Crippen LogP contribution in [0.4, 0.5) is 0 Å². The number of hydrogen-bond acceptors (Lipinski definition) is 2. The van der Waals surface area contributed by atoms with E-state index in [1.54, 1.807) is 0 Å². The van der Waals surface area contributed by atoms with E-state index in [0.29, 0.717) is 0 Å². The van der Waals surface area contributed by atoms with Gasteiger partial charge in [0.2, 0.25) is 0 Å². The summed E-state index contributed by atoms with van der Waals surface area (Å²) in [5, 5.41) is 2.55. The summed E-state index contributed by atoms with van der Waals surface area (Å²) in [5.41, 5.74) is 1.20. The number of fused-ring (bicyclic) bond motifs is 1. The standard InChI is InChI=1S/C12H10.2H3N/c1-2-10-7-5-8-11-6-3-4-9-12(10)11;;/h2-9H,1H2;2*1H3. The minimum Gasteiger partial charge on any atom is -0.344 e.